The maximum atomic E-state index is 13.3. The number of hydrogen-bond acceptors (Lipinski definition) is 9. The van der Waals surface area contributed by atoms with Crippen LogP contribution in [0.4, 0.5) is 17.6 Å². The SMILES string of the molecule is C.C.NC1CCc2cc(F)ccc2C1.NCC(O)CCC1CCc2cc(F)ccc2C1.O=C(CCC(O)CCC1CCc2cc(F)ccc2C1)c1ccc(Cl)cc1.O=C[B]CCC(O)CCC1CCc2cc(F)ccc2C1.O=C[B]CCC1CO1. The van der Waals surface area contributed by atoms with Crippen molar-refractivity contribution in [1.82, 2.24) is 0 Å². The first kappa shape index (κ1) is 72.5. The number of carbonyl (C=O) groups is 3. The minimum Gasteiger partial charge on any atom is -0.393 e. The van der Waals surface area contributed by atoms with Crippen LogP contribution in [0.25, 0.3) is 0 Å². The monoisotopic (exact) mass is 1190 g/mol. The van der Waals surface area contributed by atoms with Gasteiger partial charge in [0, 0.05) is 29.6 Å². The van der Waals surface area contributed by atoms with Crippen molar-refractivity contribution in [1.29, 1.82) is 0 Å². The Labute approximate surface area is 510 Å². The van der Waals surface area contributed by atoms with Gasteiger partial charge in [-0.1, -0.05) is 63.4 Å². The Balaban J connectivity index is 0.000000237. The second kappa shape index (κ2) is 39.0. The van der Waals surface area contributed by atoms with Crippen LogP contribution >= 0.6 is 11.6 Å². The van der Waals surface area contributed by atoms with Crippen LogP contribution in [0.3, 0.4) is 0 Å². The predicted octanol–water partition coefficient (Wildman–Crippen LogP) is 13.2. The predicted molar refractivity (Wildman–Crippen MR) is 339 cm³/mol. The molecule has 1 saturated heterocycles. The van der Waals surface area contributed by atoms with Crippen molar-refractivity contribution >= 4 is 44.3 Å². The van der Waals surface area contributed by atoms with Gasteiger partial charge in [0.15, 0.2) is 20.3 Å². The van der Waals surface area contributed by atoms with Gasteiger partial charge in [-0.15, -0.1) is 0 Å². The van der Waals surface area contributed by atoms with Gasteiger partial charge in [0.05, 0.1) is 43.4 Å². The fourth-order valence-corrected chi connectivity index (χ4v) is 11.7. The molecule has 0 bridgehead atoms. The number of aryl methyl sites for hydroxylation is 4. The number of halogens is 5. The van der Waals surface area contributed by atoms with E-state index in [1.807, 2.05) is 24.3 Å². The number of carbonyl (C=O) groups excluding carboxylic acids is 3. The number of ketones is 1. The third kappa shape index (κ3) is 26.9. The molecule has 4 aliphatic carbocycles. The zero-order valence-corrected chi connectivity index (χ0v) is 48.8. The molecule has 8 unspecified atom stereocenters. The highest BCUT2D eigenvalue weighted by Crippen LogP contribution is 2.33. The third-order valence-corrected chi connectivity index (χ3v) is 17.0. The zero-order valence-electron chi connectivity index (χ0n) is 48.1. The van der Waals surface area contributed by atoms with E-state index in [1.165, 1.54) is 46.5 Å². The number of hydrogen-bond donors (Lipinski definition) is 5. The average molecular weight is 1200 g/mol. The molecule has 0 saturated carbocycles. The standard InChI is InChI=1S/C22H24ClFO2.C16H21BFO2.C14H20FNO.C10H12FN.C5H8BO2.2CH4/c23-19-7-4-16(5-8-19)22(26)12-11-21(25)10-2-15-1-3-18-14-20(24)9-6-17(18)13-15;18-15-5-4-13-9-12(1-3-14(13)10-15)2-6-16(20)7-8-17-11-19;15-13-5-4-11-7-10(1-3-12(11)8-13)2-6-14(17)9-16;11-9-3-1-8-6-10(12)4-2-7(8)5-9;7-4-6-2-1-5-3-8-5;;/h4-9,14-15,21,25H,1-3,10-13H2;4-5,10-12,16,20H,1-3,6-9H2;4-5,8,10,14,17H,1-3,6-7,9,16H2;1,3,5,10H,2,4,6,12H2;4-5H,1-3H2;2*1H4. The molecule has 5 aromatic carbocycles. The molecular formula is C69H93B2ClF4N2O7. The minimum absolute atomic E-state index is 0. The van der Waals surface area contributed by atoms with Gasteiger partial charge in [0.2, 0.25) is 0 Å². The Hall–Kier alpha value is -4.99. The van der Waals surface area contributed by atoms with Crippen LogP contribution < -0.4 is 11.5 Å². The lowest BCUT2D eigenvalue weighted by Crippen LogP contribution is -2.27. The summed E-state index contributed by atoms with van der Waals surface area (Å²) in [5.74, 6) is 1.16. The van der Waals surface area contributed by atoms with Gasteiger partial charge in [-0.25, -0.2) is 17.6 Å². The van der Waals surface area contributed by atoms with Crippen molar-refractivity contribution in [3.05, 3.63) is 175 Å². The van der Waals surface area contributed by atoms with Crippen LogP contribution in [0.1, 0.15) is 160 Å². The Kier molecular flexibility index (Phi) is 33.3. The van der Waals surface area contributed by atoms with Gasteiger partial charge in [-0.05, 0) is 270 Å². The number of aliphatic hydroxyl groups is 3. The summed E-state index contributed by atoms with van der Waals surface area (Å²) in [5.41, 5.74) is 21.3. The minimum atomic E-state index is -0.458. The van der Waals surface area contributed by atoms with E-state index in [1.54, 1.807) is 63.1 Å². The molecular weight excluding hydrogens is 1100 g/mol. The van der Waals surface area contributed by atoms with Gasteiger partial charge in [0.25, 0.3) is 0 Å². The number of nitrogens with two attached hydrogens (primary N) is 2. The summed E-state index contributed by atoms with van der Waals surface area (Å²) in [7, 11) is 3.18. The lowest BCUT2D eigenvalue weighted by Gasteiger charge is -2.25. The first-order chi connectivity index (χ1) is 40.1. The van der Waals surface area contributed by atoms with Gasteiger partial charge < -0.3 is 41.1 Å². The van der Waals surface area contributed by atoms with E-state index in [0.29, 0.717) is 73.0 Å². The molecule has 8 atom stereocenters. The summed E-state index contributed by atoms with van der Waals surface area (Å²) >= 11 is 5.83. The molecule has 7 N–H and O–H groups in total. The maximum Gasteiger partial charge on any atom is 0.197 e. The lowest BCUT2D eigenvalue weighted by molar-refractivity contribution is 0.0925. The van der Waals surface area contributed by atoms with Crippen LogP contribution in [0.2, 0.25) is 17.7 Å². The van der Waals surface area contributed by atoms with Crippen LogP contribution in [0.15, 0.2) is 97.1 Å². The molecule has 0 aromatic heterocycles. The molecule has 1 fully saturated rings. The Bertz CT molecular complexity index is 2770. The number of fused-ring (bicyclic) bond motifs is 4. The maximum absolute atomic E-state index is 13.3. The zero-order chi connectivity index (χ0) is 59.5. The number of ether oxygens (including phenoxy) is 1. The van der Waals surface area contributed by atoms with Crippen molar-refractivity contribution in [2.75, 3.05) is 13.2 Å². The largest absolute Gasteiger partial charge is 0.393 e. The van der Waals surface area contributed by atoms with E-state index < -0.39 is 6.10 Å². The summed E-state index contributed by atoms with van der Waals surface area (Å²) in [4.78, 5) is 32.0. The summed E-state index contributed by atoms with van der Waals surface area (Å²) in [5, 5.41) is 30.1. The van der Waals surface area contributed by atoms with Gasteiger partial charge in [0.1, 0.15) is 23.3 Å². The number of Topliss-reactive ketones (excluding diaryl/α,β-unsaturated/α-hetero) is 1. The summed E-state index contributed by atoms with van der Waals surface area (Å²) in [6.07, 6.45) is 21.9. The molecule has 5 aliphatic rings. The lowest BCUT2D eigenvalue weighted by atomic mass is 9.74. The summed E-state index contributed by atoms with van der Waals surface area (Å²) in [6, 6.07) is 27.3. The van der Waals surface area contributed by atoms with Crippen molar-refractivity contribution in [3.8, 4) is 0 Å². The molecule has 462 valence electrons. The molecule has 1 aliphatic heterocycles. The topological polar surface area (TPSA) is 176 Å². The smallest absolute Gasteiger partial charge is 0.197 e. The fourth-order valence-electron chi connectivity index (χ4n) is 11.6. The molecule has 85 heavy (non-hydrogen) atoms. The van der Waals surface area contributed by atoms with Gasteiger partial charge >= 0.3 is 0 Å². The first-order valence-electron chi connectivity index (χ1n) is 30.1. The Morgan fingerprint density at radius 1 is 0.541 bits per heavy atom. The fraction of sp³-hybridized carbons (Fsp3) is 0.522. The van der Waals surface area contributed by atoms with Gasteiger partial charge in [-0.2, -0.15) is 0 Å². The Morgan fingerprint density at radius 2 is 0.929 bits per heavy atom. The highest BCUT2D eigenvalue weighted by atomic mass is 35.5. The highest BCUT2D eigenvalue weighted by Gasteiger charge is 2.24. The summed E-state index contributed by atoms with van der Waals surface area (Å²) in [6.45, 7) is 1.24. The van der Waals surface area contributed by atoms with E-state index in [-0.39, 0.29) is 62.2 Å². The van der Waals surface area contributed by atoms with Crippen LogP contribution in [-0.4, -0.2) is 91.6 Å². The third-order valence-electron chi connectivity index (χ3n) is 16.7. The van der Waals surface area contributed by atoms with Crippen LogP contribution in [0.5, 0.6) is 0 Å². The van der Waals surface area contributed by atoms with Crippen molar-refractivity contribution < 1.29 is 52.0 Å². The highest BCUT2D eigenvalue weighted by molar-refractivity contribution is 6.66. The average Bonchev–Trinajstić information content (AvgIpc) is 4.52. The molecule has 0 amide bonds. The summed E-state index contributed by atoms with van der Waals surface area (Å²) < 4.78 is 57.1. The second-order valence-corrected chi connectivity index (χ2v) is 23.7. The number of rotatable bonds is 22. The molecule has 2 radical (unpaired) electrons. The number of aliphatic hydroxyl groups excluding tert-OH is 3. The van der Waals surface area contributed by atoms with E-state index in [0.717, 1.165) is 163 Å². The first-order valence-corrected chi connectivity index (χ1v) is 30.5. The second-order valence-electron chi connectivity index (χ2n) is 23.2. The normalized spacial score (nSPS) is 19.5. The number of benzene rings is 5. The van der Waals surface area contributed by atoms with Gasteiger partial charge in [-0.3, -0.25) is 4.79 Å². The van der Waals surface area contributed by atoms with Crippen molar-refractivity contribution in [3.63, 3.8) is 0 Å². The van der Waals surface area contributed by atoms with E-state index in [4.69, 9.17) is 27.8 Å². The van der Waals surface area contributed by atoms with Crippen molar-refractivity contribution in [2.24, 2.45) is 29.2 Å². The molecule has 9 nitrogen and oxygen atoms in total. The molecule has 1 heterocycles. The van der Waals surface area contributed by atoms with E-state index in [9.17, 15) is 47.3 Å². The van der Waals surface area contributed by atoms with Crippen LogP contribution in [0, 0.1) is 41.0 Å². The molecule has 0 spiro atoms. The quantitative estimate of drug-likeness (QED) is 0.0113. The van der Waals surface area contributed by atoms with E-state index >= 15 is 0 Å². The van der Waals surface area contributed by atoms with Crippen LogP contribution in [-0.2, 0) is 65.7 Å². The Morgan fingerprint density at radius 3 is 1.34 bits per heavy atom. The molecule has 5 aromatic rings. The van der Waals surface area contributed by atoms with Crippen molar-refractivity contribution in [2.45, 2.75) is 199 Å². The molecule has 16 heteroatoms. The molecule has 10 rings (SSSR count). The van der Waals surface area contributed by atoms with E-state index in [2.05, 4.69) is 0 Å². The number of epoxide rings is 1.